The molecule has 0 saturated heterocycles. The van der Waals surface area contributed by atoms with E-state index in [9.17, 15) is 14.4 Å². The zero-order valence-corrected chi connectivity index (χ0v) is 11.1. The Kier molecular flexibility index (Phi) is 6.46. The van der Waals surface area contributed by atoms with Gasteiger partial charge in [-0.1, -0.05) is 27.7 Å². The fraction of sp³-hybridized carbons (Fsp3) is 0.750. The highest BCUT2D eigenvalue weighted by atomic mass is 16.5. The van der Waals surface area contributed by atoms with Gasteiger partial charge in [0.05, 0.1) is 12.5 Å². The van der Waals surface area contributed by atoms with Crippen LogP contribution in [0.3, 0.4) is 0 Å². The van der Waals surface area contributed by atoms with E-state index in [1.807, 2.05) is 0 Å². The standard InChI is InChI=1S/C12H21NO4/c1-8(2)11(15)13(6-10(5)14)7-17-12(16)9(3)4/h8-9H,6-7H2,1-5H3. The van der Waals surface area contributed by atoms with Crippen LogP contribution in [0.25, 0.3) is 0 Å². The third-order valence-electron chi connectivity index (χ3n) is 2.05. The highest BCUT2D eigenvalue weighted by Gasteiger charge is 2.20. The van der Waals surface area contributed by atoms with Crippen LogP contribution in [0.1, 0.15) is 34.6 Å². The fourth-order valence-electron chi connectivity index (χ4n) is 1.13. The maximum atomic E-state index is 11.7. The maximum absolute atomic E-state index is 11.7. The van der Waals surface area contributed by atoms with E-state index >= 15 is 0 Å². The molecule has 0 aliphatic heterocycles. The Morgan fingerprint density at radius 2 is 1.59 bits per heavy atom. The molecule has 5 heteroatoms. The molecule has 0 saturated carbocycles. The molecule has 0 atom stereocenters. The summed E-state index contributed by atoms with van der Waals surface area (Å²) < 4.78 is 4.95. The molecule has 17 heavy (non-hydrogen) atoms. The van der Waals surface area contributed by atoms with Gasteiger partial charge in [-0.05, 0) is 6.92 Å². The van der Waals surface area contributed by atoms with Crippen LogP contribution < -0.4 is 0 Å². The number of nitrogens with zero attached hydrogens (tertiary/aromatic N) is 1. The van der Waals surface area contributed by atoms with Gasteiger partial charge < -0.3 is 9.64 Å². The molecule has 98 valence electrons. The molecule has 0 aromatic carbocycles. The van der Waals surface area contributed by atoms with E-state index < -0.39 is 0 Å². The SMILES string of the molecule is CC(=O)CN(COC(=O)C(C)C)C(=O)C(C)C. The van der Waals surface area contributed by atoms with Crippen molar-refractivity contribution in [3.63, 3.8) is 0 Å². The maximum Gasteiger partial charge on any atom is 0.310 e. The second-order valence-corrected chi connectivity index (χ2v) is 4.64. The lowest BCUT2D eigenvalue weighted by atomic mass is 10.2. The molecule has 0 aromatic heterocycles. The second kappa shape index (κ2) is 7.04. The van der Waals surface area contributed by atoms with Crippen molar-refractivity contribution >= 4 is 17.7 Å². The number of hydrogen-bond acceptors (Lipinski definition) is 4. The summed E-state index contributed by atoms with van der Waals surface area (Å²) in [6, 6.07) is 0. The molecule has 0 bridgehead atoms. The molecule has 1 amide bonds. The molecular formula is C12H21NO4. The van der Waals surface area contributed by atoms with Gasteiger partial charge >= 0.3 is 5.97 Å². The number of hydrogen-bond donors (Lipinski definition) is 0. The average Bonchev–Trinajstić information content (AvgIpc) is 2.21. The normalized spacial score (nSPS) is 10.5. The molecule has 0 fully saturated rings. The Morgan fingerprint density at radius 3 is 1.94 bits per heavy atom. The minimum Gasteiger partial charge on any atom is -0.444 e. The Balaban J connectivity index is 4.45. The number of ether oxygens (including phenoxy) is 1. The lowest BCUT2D eigenvalue weighted by molar-refractivity contribution is -0.158. The summed E-state index contributed by atoms with van der Waals surface area (Å²) >= 11 is 0. The van der Waals surface area contributed by atoms with Crippen molar-refractivity contribution in [3.05, 3.63) is 0 Å². The van der Waals surface area contributed by atoms with Crippen LogP contribution in [0, 0.1) is 11.8 Å². The van der Waals surface area contributed by atoms with Crippen LogP contribution in [0.15, 0.2) is 0 Å². The van der Waals surface area contributed by atoms with Gasteiger partial charge in [-0.15, -0.1) is 0 Å². The van der Waals surface area contributed by atoms with E-state index in [-0.39, 0.29) is 42.8 Å². The molecule has 0 heterocycles. The Bertz CT molecular complexity index is 297. The summed E-state index contributed by atoms with van der Waals surface area (Å²) in [6.07, 6.45) is 0. The molecule has 0 aliphatic rings. The molecular weight excluding hydrogens is 222 g/mol. The molecule has 0 spiro atoms. The van der Waals surface area contributed by atoms with E-state index in [1.165, 1.54) is 11.8 Å². The molecule has 5 nitrogen and oxygen atoms in total. The number of esters is 1. The van der Waals surface area contributed by atoms with Crippen LogP contribution in [-0.2, 0) is 19.1 Å². The van der Waals surface area contributed by atoms with E-state index in [1.54, 1.807) is 27.7 Å². The topological polar surface area (TPSA) is 63.7 Å². The van der Waals surface area contributed by atoms with E-state index in [0.29, 0.717) is 0 Å². The first kappa shape index (κ1) is 15.6. The average molecular weight is 243 g/mol. The van der Waals surface area contributed by atoms with Crippen LogP contribution >= 0.6 is 0 Å². The van der Waals surface area contributed by atoms with Gasteiger partial charge in [0.2, 0.25) is 5.91 Å². The lowest BCUT2D eigenvalue weighted by Crippen LogP contribution is -2.40. The number of ketones is 1. The van der Waals surface area contributed by atoms with Gasteiger partial charge in [-0.3, -0.25) is 14.4 Å². The highest BCUT2D eigenvalue weighted by Crippen LogP contribution is 2.04. The first-order chi connectivity index (χ1) is 7.75. The van der Waals surface area contributed by atoms with Crippen molar-refractivity contribution < 1.29 is 19.1 Å². The van der Waals surface area contributed by atoms with Crippen molar-refractivity contribution in [1.29, 1.82) is 0 Å². The van der Waals surface area contributed by atoms with Crippen molar-refractivity contribution in [2.24, 2.45) is 11.8 Å². The second-order valence-electron chi connectivity index (χ2n) is 4.64. The van der Waals surface area contributed by atoms with Crippen LogP contribution in [0.4, 0.5) is 0 Å². The molecule has 0 unspecified atom stereocenters. The van der Waals surface area contributed by atoms with Gasteiger partial charge in [-0.2, -0.15) is 0 Å². The molecule has 0 radical (unpaired) electrons. The van der Waals surface area contributed by atoms with Gasteiger partial charge in [0.1, 0.15) is 5.78 Å². The number of amides is 1. The number of Topliss-reactive ketones (excluding diaryl/α,β-unsaturated/α-hetero) is 1. The predicted octanol–water partition coefficient (Wildman–Crippen LogP) is 1.22. The summed E-state index contributed by atoms with van der Waals surface area (Å²) in [7, 11) is 0. The monoisotopic (exact) mass is 243 g/mol. The van der Waals surface area contributed by atoms with E-state index in [4.69, 9.17) is 4.74 Å². The minimum atomic E-state index is -0.380. The van der Waals surface area contributed by atoms with Gasteiger partial charge in [-0.25, -0.2) is 0 Å². The summed E-state index contributed by atoms with van der Waals surface area (Å²) in [4.78, 5) is 35.3. The van der Waals surface area contributed by atoms with Crippen molar-refractivity contribution in [2.45, 2.75) is 34.6 Å². The molecule has 0 rings (SSSR count). The minimum absolute atomic E-state index is 0.0254. The van der Waals surface area contributed by atoms with Crippen molar-refractivity contribution in [2.75, 3.05) is 13.3 Å². The van der Waals surface area contributed by atoms with E-state index in [0.717, 1.165) is 0 Å². The number of carbonyl (C=O) groups is 3. The smallest absolute Gasteiger partial charge is 0.310 e. The molecule has 0 aromatic rings. The summed E-state index contributed by atoms with van der Waals surface area (Å²) in [5, 5.41) is 0. The molecule has 0 aliphatic carbocycles. The van der Waals surface area contributed by atoms with Gasteiger partial charge in [0.15, 0.2) is 6.73 Å². The van der Waals surface area contributed by atoms with E-state index in [2.05, 4.69) is 0 Å². The highest BCUT2D eigenvalue weighted by molar-refractivity contribution is 5.85. The Morgan fingerprint density at radius 1 is 1.06 bits per heavy atom. The first-order valence-corrected chi connectivity index (χ1v) is 5.70. The third-order valence-corrected chi connectivity index (χ3v) is 2.05. The predicted molar refractivity (Wildman–Crippen MR) is 63.0 cm³/mol. The summed E-state index contributed by atoms with van der Waals surface area (Å²) in [5.74, 6) is -1.19. The summed E-state index contributed by atoms with van der Waals surface area (Å²) in [5.41, 5.74) is 0. The largest absolute Gasteiger partial charge is 0.444 e. The Labute approximate surface area is 102 Å². The third kappa shape index (κ3) is 6.04. The van der Waals surface area contributed by atoms with Crippen LogP contribution in [0.5, 0.6) is 0 Å². The molecule has 0 N–H and O–H groups in total. The van der Waals surface area contributed by atoms with Crippen LogP contribution in [0.2, 0.25) is 0 Å². The van der Waals surface area contributed by atoms with Gasteiger partial charge in [0.25, 0.3) is 0 Å². The van der Waals surface area contributed by atoms with Crippen molar-refractivity contribution in [1.82, 2.24) is 4.90 Å². The summed E-state index contributed by atoms with van der Waals surface area (Å²) in [6.45, 7) is 8.10. The zero-order chi connectivity index (χ0) is 13.6. The lowest BCUT2D eigenvalue weighted by Gasteiger charge is -2.23. The Hall–Kier alpha value is -1.39. The van der Waals surface area contributed by atoms with Gasteiger partial charge in [0, 0.05) is 5.92 Å². The number of carbonyl (C=O) groups excluding carboxylic acids is 3. The fourth-order valence-corrected chi connectivity index (χ4v) is 1.13. The zero-order valence-electron chi connectivity index (χ0n) is 11.1. The quantitative estimate of drug-likeness (QED) is 0.519. The first-order valence-electron chi connectivity index (χ1n) is 5.70. The van der Waals surface area contributed by atoms with Crippen molar-refractivity contribution in [3.8, 4) is 0 Å². The van der Waals surface area contributed by atoms with Crippen LogP contribution in [-0.4, -0.2) is 35.8 Å². The number of rotatable bonds is 6.